The standard InChI is InChI=1S/C22H26N6O/c1-3-20(29)28-10-8-15(9-11-28)22-24-19(27(2)26-22)12-16-6-7-18-17(13-23-25-18)21(16)14-4-5-14/h6-8,13-14H,3-5,9-12H2,1-2H3,(H,23,25). The van der Waals surface area contributed by atoms with Gasteiger partial charge >= 0.3 is 0 Å². The molecule has 1 aromatic carbocycles. The summed E-state index contributed by atoms with van der Waals surface area (Å²) in [6.45, 7) is 3.30. The van der Waals surface area contributed by atoms with Crippen molar-refractivity contribution in [3.63, 3.8) is 0 Å². The van der Waals surface area contributed by atoms with Crippen LogP contribution in [0.5, 0.6) is 0 Å². The van der Waals surface area contributed by atoms with Crippen LogP contribution >= 0.6 is 0 Å². The maximum Gasteiger partial charge on any atom is 0.222 e. The highest BCUT2D eigenvalue weighted by molar-refractivity contribution is 5.84. The van der Waals surface area contributed by atoms with Crippen molar-refractivity contribution in [2.24, 2.45) is 7.05 Å². The minimum Gasteiger partial charge on any atom is -0.339 e. The van der Waals surface area contributed by atoms with E-state index in [1.54, 1.807) is 0 Å². The second-order valence-electron chi connectivity index (χ2n) is 8.07. The molecule has 0 bridgehead atoms. The molecule has 0 spiro atoms. The van der Waals surface area contributed by atoms with Crippen LogP contribution < -0.4 is 0 Å². The van der Waals surface area contributed by atoms with E-state index >= 15 is 0 Å². The van der Waals surface area contributed by atoms with Crippen molar-refractivity contribution < 1.29 is 4.79 Å². The first-order valence-electron chi connectivity index (χ1n) is 10.5. The van der Waals surface area contributed by atoms with Crippen molar-refractivity contribution in [3.8, 4) is 0 Å². The Morgan fingerprint density at radius 3 is 2.90 bits per heavy atom. The SMILES string of the molecule is CCC(=O)N1CC=C(c2nc(Cc3ccc4[nH]ncc4c3C3CC3)n(C)n2)CC1. The number of aromatic nitrogens is 5. The third-order valence-electron chi connectivity index (χ3n) is 6.10. The second-order valence-corrected chi connectivity index (χ2v) is 8.07. The number of nitrogens with one attached hydrogen (secondary N) is 1. The molecule has 0 radical (unpaired) electrons. The van der Waals surface area contributed by atoms with E-state index < -0.39 is 0 Å². The molecule has 1 saturated carbocycles. The van der Waals surface area contributed by atoms with Gasteiger partial charge in [0.2, 0.25) is 5.91 Å². The van der Waals surface area contributed by atoms with Crippen LogP contribution in [-0.2, 0) is 18.3 Å². The van der Waals surface area contributed by atoms with Gasteiger partial charge in [0.05, 0.1) is 11.7 Å². The Morgan fingerprint density at radius 1 is 1.31 bits per heavy atom. The summed E-state index contributed by atoms with van der Waals surface area (Å²) in [6, 6.07) is 4.32. The van der Waals surface area contributed by atoms with Gasteiger partial charge < -0.3 is 4.90 Å². The average molecular weight is 390 g/mol. The molecule has 1 N–H and O–H groups in total. The number of nitrogens with zero attached hydrogens (tertiary/aromatic N) is 5. The first kappa shape index (κ1) is 18.1. The van der Waals surface area contributed by atoms with Crippen LogP contribution in [0.25, 0.3) is 16.5 Å². The van der Waals surface area contributed by atoms with Gasteiger partial charge in [0, 0.05) is 38.4 Å². The van der Waals surface area contributed by atoms with Crippen LogP contribution in [0.4, 0.5) is 0 Å². The van der Waals surface area contributed by atoms with Crippen molar-refractivity contribution in [2.45, 2.75) is 44.9 Å². The van der Waals surface area contributed by atoms with Crippen LogP contribution in [0, 0.1) is 0 Å². The topological polar surface area (TPSA) is 79.7 Å². The van der Waals surface area contributed by atoms with E-state index in [1.807, 2.05) is 29.7 Å². The molecule has 0 atom stereocenters. The molecular weight excluding hydrogens is 364 g/mol. The zero-order valence-corrected chi connectivity index (χ0v) is 17.0. The first-order chi connectivity index (χ1) is 14.1. The second kappa shape index (κ2) is 7.13. The molecule has 0 saturated heterocycles. The number of carbonyl (C=O) groups excluding carboxylic acids is 1. The lowest BCUT2D eigenvalue weighted by Gasteiger charge is -2.25. The van der Waals surface area contributed by atoms with Gasteiger partial charge in [-0.1, -0.05) is 19.1 Å². The maximum atomic E-state index is 11.9. The lowest BCUT2D eigenvalue weighted by atomic mass is 9.96. The number of amides is 1. The van der Waals surface area contributed by atoms with Crippen molar-refractivity contribution >= 4 is 22.4 Å². The van der Waals surface area contributed by atoms with Gasteiger partial charge in [-0.05, 0) is 47.9 Å². The van der Waals surface area contributed by atoms with Crippen molar-refractivity contribution in [2.75, 3.05) is 13.1 Å². The Kier molecular flexibility index (Phi) is 4.45. The van der Waals surface area contributed by atoms with Gasteiger partial charge in [0.15, 0.2) is 5.82 Å². The molecule has 2 aliphatic rings. The molecule has 1 aliphatic carbocycles. The number of hydrogen-bond acceptors (Lipinski definition) is 4. The Labute approximate surface area is 169 Å². The maximum absolute atomic E-state index is 11.9. The fourth-order valence-corrected chi connectivity index (χ4v) is 4.29. The predicted octanol–water partition coefficient (Wildman–Crippen LogP) is 3.19. The summed E-state index contributed by atoms with van der Waals surface area (Å²) >= 11 is 0. The molecule has 2 aromatic heterocycles. The molecular formula is C22H26N6O. The van der Waals surface area contributed by atoms with Crippen LogP contribution in [0.3, 0.4) is 0 Å². The van der Waals surface area contributed by atoms with E-state index in [1.165, 1.54) is 29.4 Å². The third kappa shape index (κ3) is 3.34. The highest BCUT2D eigenvalue weighted by atomic mass is 16.2. The van der Waals surface area contributed by atoms with Crippen LogP contribution in [-0.4, -0.2) is 48.9 Å². The van der Waals surface area contributed by atoms with E-state index in [2.05, 4.69) is 33.5 Å². The largest absolute Gasteiger partial charge is 0.339 e. The van der Waals surface area contributed by atoms with E-state index in [-0.39, 0.29) is 5.91 Å². The normalized spacial score (nSPS) is 17.0. The Morgan fingerprint density at radius 2 is 2.17 bits per heavy atom. The summed E-state index contributed by atoms with van der Waals surface area (Å²) in [5.74, 6) is 2.61. The molecule has 0 unspecified atom stereocenters. The average Bonchev–Trinajstić information content (AvgIpc) is 3.35. The molecule has 3 aromatic rings. The van der Waals surface area contributed by atoms with E-state index in [4.69, 9.17) is 4.98 Å². The van der Waals surface area contributed by atoms with Crippen molar-refractivity contribution in [1.82, 2.24) is 29.9 Å². The van der Waals surface area contributed by atoms with E-state index in [0.29, 0.717) is 18.9 Å². The highest BCUT2D eigenvalue weighted by Gasteiger charge is 2.29. The fourth-order valence-electron chi connectivity index (χ4n) is 4.29. The molecule has 1 fully saturated rings. The molecule has 150 valence electrons. The summed E-state index contributed by atoms with van der Waals surface area (Å²) in [6.07, 6.45) is 8.68. The van der Waals surface area contributed by atoms with Gasteiger partial charge in [0.1, 0.15) is 5.82 Å². The fraction of sp³-hybridized carbons (Fsp3) is 0.455. The molecule has 7 heteroatoms. The number of aromatic amines is 1. The molecule has 7 nitrogen and oxygen atoms in total. The summed E-state index contributed by atoms with van der Waals surface area (Å²) in [7, 11) is 1.97. The van der Waals surface area contributed by atoms with Gasteiger partial charge in [-0.3, -0.25) is 14.6 Å². The van der Waals surface area contributed by atoms with E-state index in [9.17, 15) is 4.79 Å². The quantitative estimate of drug-likeness (QED) is 0.726. The molecule has 3 heterocycles. The molecule has 29 heavy (non-hydrogen) atoms. The zero-order chi connectivity index (χ0) is 20.0. The summed E-state index contributed by atoms with van der Waals surface area (Å²) in [5.41, 5.74) is 4.99. The smallest absolute Gasteiger partial charge is 0.222 e. The Bertz CT molecular complexity index is 1100. The van der Waals surface area contributed by atoms with Crippen molar-refractivity contribution in [1.29, 1.82) is 0 Å². The van der Waals surface area contributed by atoms with Crippen LogP contribution in [0.1, 0.15) is 61.3 Å². The van der Waals surface area contributed by atoms with E-state index in [0.717, 1.165) is 42.1 Å². The Balaban J connectivity index is 1.41. The Hall–Kier alpha value is -2.96. The van der Waals surface area contributed by atoms with Gasteiger partial charge in [-0.25, -0.2) is 4.98 Å². The number of hydrogen-bond donors (Lipinski definition) is 1. The molecule has 1 aliphatic heterocycles. The number of carbonyl (C=O) groups is 1. The van der Waals surface area contributed by atoms with Gasteiger partial charge in [-0.2, -0.15) is 10.2 Å². The lowest BCUT2D eigenvalue weighted by Crippen LogP contribution is -2.34. The summed E-state index contributed by atoms with van der Waals surface area (Å²) in [5, 5.41) is 13.2. The van der Waals surface area contributed by atoms with Gasteiger partial charge in [0.25, 0.3) is 0 Å². The van der Waals surface area contributed by atoms with Crippen molar-refractivity contribution in [3.05, 3.63) is 47.2 Å². The number of benzene rings is 1. The predicted molar refractivity (Wildman–Crippen MR) is 111 cm³/mol. The lowest BCUT2D eigenvalue weighted by molar-refractivity contribution is -0.130. The highest BCUT2D eigenvalue weighted by Crippen LogP contribution is 2.45. The minimum atomic E-state index is 0.206. The molecule has 5 rings (SSSR count). The zero-order valence-electron chi connectivity index (χ0n) is 17.0. The number of H-pyrrole nitrogens is 1. The number of aryl methyl sites for hydroxylation is 1. The first-order valence-corrected chi connectivity index (χ1v) is 10.5. The summed E-state index contributed by atoms with van der Waals surface area (Å²) in [4.78, 5) is 18.7. The third-order valence-corrected chi connectivity index (χ3v) is 6.10. The monoisotopic (exact) mass is 390 g/mol. The van der Waals surface area contributed by atoms with Crippen LogP contribution in [0.15, 0.2) is 24.4 Å². The van der Waals surface area contributed by atoms with Crippen LogP contribution in [0.2, 0.25) is 0 Å². The van der Waals surface area contributed by atoms with Gasteiger partial charge in [-0.15, -0.1) is 0 Å². The minimum absolute atomic E-state index is 0.206. The number of rotatable bonds is 5. The summed E-state index contributed by atoms with van der Waals surface area (Å²) < 4.78 is 1.90. The number of fused-ring (bicyclic) bond motifs is 1. The molecule has 1 amide bonds.